The summed E-state index contributed by atoms with van der Waals surface area (Å²) in [6, 6.07) is -0.392. The van der Waals surface area contributed by atoms with Gasteiger partial charge in [0.25, 0.3) is 0 Å². The topological polar surface area (TPSA) is 59.1 Å². The van der Waals surface area contributed by atoms with Crippen molar-refractivity contribution >= 4 is 11.3 Å². The number of hydrogen-bond donors (Lipinski definition) is 2. The first kappa shape index (κ1) is 9.64. The van der Waals surface area contributed by atoms with Crippen molar-refractivity contribution < 1.29 is 5.11 Å². The Morgan fingerprint density at radius 3 is 2.58 bits per heavy atom. The van der Waals surface area contributed by atoms with E-state index in [1.807, 2.05) is 12.3 Å². The van der Waals surface area contributed by atoms with Crippen LogP contribution in [0.3, 0.4) is 0 Å². The zero-order valence-electron chi connectivity index (χ0n) is 7.53. The molecule has 1 atom stereocenters. The lowest BCUT2D eigenvalue weighted by Crippen LogP contribution is -2.34. The summed E-state index contributed by atoms with van der Waals surface area (Å²) in [7, 11) is 0. The van der Waals surface area contributed by atoms with Crippen molar-refractivity contribution in [3.05, 3.63) is 16.1 Å². The van der Waals surface area contributed by atoms with Crippen LogP contribution in [0.5, 0.6) is 0 Å². The van der Waals surface area contributed by atoms with E-state index in [1.165, 1.54) is 11.3 Å². The fourth-order valence-corrected chi connectivity index (χ4v) is 1.79. The zero-order valence-corrected chi connectivity index (χ0v) is 8.35. The van der Waals surface area contributed by atoms with E-state index < -0.39 is 11.6 Å². The Bertz CT molecular complexity index is 264. The van der Waals surface area contributed by atoms with E-state index in [4.69, 9.17) is 5.73 Å². The Hall–Kier alpha value is -0.450. The van der Waals surface area contributed by atoms with E-state index in [9.17, 15) is 5.11 Å². The number of nitrogens with zero attached hydrogens (tertiary/aromatic N) is 1. The van der Waals surface area contributed by atoms with Crippen molar-refractivity contribution in [3.8, 4) is 0 Å². The summed E-state index contributed by atoms with van der Waals surface area (Å²) in [6.07, 6.45) is 0. The maximum atomic E-state index is 9.59. The maximum Gasteiger partial charge on any atom is 0.113 e. The molecule has 12 heavy (non-hydrogen) atoms. The van der Waals surface area contributed by atoms with Crippen LogP contribution in [0.4, 0.5) is 0 Å². The highest BCUT2D eigenvalue weighted by molar-refractivity contribution is 7.09. The minimum absolute atomic E-state index is 0.392. The van der Waals surface area contributed by atoms with Gasteiger partial charge in [0.05, 0.1) is 11.6 Å². The van der Waals surface area contributed by atoms with Gasteiger partial charge in [-0.2, -0.15) is 0 Å². The molecule has 0 spiro atoms. The van der Waals surface area contributed by atoms with Gasteiger partial charge in [-0.15, -0.1) is 11.3 Å². The molecule has 0 amide bonds. The Balaban J connectivity index is 2.85. The van der Waals surface area contributed by atoms with E-state index in [-0.39, 0.29) is 0 Å². The van der Waals surface area contributed by atoms with Crippen molar-refractivity contribution in [2.45, 2.75) is 32.4 Å². The van der Waals surface area contributed by atoms with Gasteiger partial charge in [0, 0.05) is 11.1 Å². The number of thiazole rings is 1. The number of hydrogen-bond acceptors (Lipinski definition) is 4. The Kier molecular flexibility index (Phi) is 2.51. The molecule has 0 aliphatic heterocycles. The molecule has 0 saturated carbocycles. The first-order chi connectivity index (χ1) is 5.41. The average molecular weight is 186 g/mol. The highest BCUT2D eigenvalue weighted by Crippen LogP contribution is 2.25. The van der Waals surface area contributed by atoms with Crippen LogP contribution in [0.1, 0.15) is 30.6 Å². The molecule has 1 aromatic rings. The molecule has 3 N–H and O–H groups in total. The van der Waals surface area contributed by atoms with Crippen LogP contribution in [0.25, 0.3) is 0 Å². The molecule has 1 aromatic heterocycles. The quantitative estimate of drug-likeness (QED) is 0.730. The van der Waals surface area contributed by atoms with E-state index >= 15 is 0 Å². The lowest BCUT2D eigenvalue weighted by molar-refractivity contribution is 0.0516. The largest absolute Gasteiger partial charge is 0.388 e. The van der Waals surface area contributed by atoms with Crippen LogP contribution in [0.2, 0.25) is 0 Å². The second kappa shape index (κ2) is 3.12. The van der Waals surface area contributed by atoms with Gasteiger partial charge in [-0.25, -0.2) is 4.98 Å². The molecule has 0 aliphatic carbocycles. The predicted octanol–water partition coefficient (Wildman–Crippen LogP) is 1.22. The van der Waals surface area contributed by atoms with Gasteiger partial charge >= 0.3 is 0 Å². The van der Waals surface area contributed by atoms with Gasteiger partial charge in [-0.1, -0.05) is 0 Å². The summed E-state index contributed by atoms with van der Waals surface area (Å²) in [5, 5.41) is 12.3. The summed E-state index contributed by atoms with van der Waals surface area (Å²) in [5.41, 5.74) is 5.84. The molecule has 0 fully saturated rings. The van der Waals surface area contributed by atoms with Crippen molar-refractivity contribution in [2.24, 2.45) is 5.73 Å². The molecule has 1 rings (SSSR count). The van der Waals surface area contributed by atoms with Gasteiger partial charge in [0.2, 0.25) is 0 Å². The normalized spacial score (nSPS) is 14.8. The predicted molar refractivity (Wildman–Crippen MR) is 50.1 cm³/mol. The smallest absolute Gasteiger partial charge is 0.113 e. The second-order valence-corrected chi connectivity index (χ2v) is 4.35. The molecule has 4 heteroatoms. The second-order valence-electron chi connectivity index (χ2n) is 3.46. The van der Waals surface area contributed by atoms with E-state index in [1.54, 1.807) is 13.8 Å². The molecule has 68 valence electrons. The summed E-state index contributed by atoms with van der Waals surface area (Å²) in [4.78, 5) is 4.21. The van der Waals surface area contributed by atoms with Gasteiger partial charge in [-0.05, 0) is 20.8 Å². The molecule has 0 aliphatic rings. The minimum atomic E-state index is -0.899. The fraction of sp³-hybridized carbons (Fsp3) is 0.625. The fourth-order valence-electron chi connectivity index (χ4n) is 0.817. The molecule has 0 bridgehead atoms. The van der Waals surface area contributed by atoms with Crippen LogP contribution >= 0.6 is 11.3 Å². The number of nitrogens with two attached hydrogens (primary N) is 1. The highest BCUT2D eigenvalue weighted by atomic mass is 32.1. The molecule has 0 saturated heterocycles. The van der Waals surface area contributed by atoms with Gasteiger partial charge in [0.1, 0.15) is 5.01 Å². The zero-order chi connectivity index (χ0) is 9.35. The first-order valence-electron chi connectivity index (χ1n) is 3.81. The molecular formula is C8H14N2OS. The molecule has 0 aromatic carbocycles. The minimum Gasteiger partial charge on any atom is -0.388 e. The van der Waals surface area contributed by atoms with Crippen molar-refractivity contribution in [1.82, 2.24) is 4.98 Å². The van der Waals surface area contributed by atoms with Crippen LogP contribution in [-0.4, -0.2) is 15.7 Å². The van der Waals surface area contributed by atoms with Crippen LogP contribution in [0.15, 0.2) is 5.38 Å². The first-order valence-corrected chi connectivity index (χ1v) is 4.69. The maximum absolute atomic E-state index is 9.59. The van der Waals surface area contributed by atoms with Crippen molar-refractivity contribution in [3.63, 3.8) is 0 Å². The summed E-state index contributed by atoms with van der Waals surface area (Å²) in [5.74, 6) is 0. The van der Waals surface area contributed by atoms with Crippen LogP contribution in [0, 0.1) is 6.92 Å². The molecule has 0 radical (unpaired) electrons. The van der Waals surface area contributed by atoms with E-state index in [2.05, 4.69) is 4.98 Å². The number of aliphatic hydroxyl groups is 1. The van der Waals surface area contributed by atoms with E-state index in [0.29, 0.717) is 0 Å². The molecule has 1 heterocycles. The van der Waals surface area contributed by atoms with E-state index in [0.717, 1.165) is 10.7 Å². The van der Waals surface area contributed by atoms with Crippen LogP contribution < -0.4 is 5.73 Å². The van der Waals surface area contributed by atoms with Gasteiger partial charge in [0.15, 0.2) is 0 Å². The van der Waals surface area contributed by atoms with Gasteiger partial charge in [-0.3, -0.25) is 0 Å². The standard InChI is InChI=1S/C8H14N2OS/c1-5-4-12-7(10-5)6(9)8(2,3)11/h4,6,11H,9H2,1-3H3. The Morgan fingerprint density at radius 1 is 1.67 bits per heavy atom. The monoisotopic (exact) mass is 186 g/mol. The summed E-state index contributed by atoms with van der Waals surface area (Å²) >= 11 is 1.49. The Morgan fingerprint density at radius 2 is 2.25 bits per heavy atom. The number of aromatic nitrogens is 1. The molecule has 1 unspecified atom stereocenters. The summed E-state index contributed by atoms with van der Waals surface area (Å²) in [6.45, 7) is 5.29. The average Bonchev–Trinajstić information content (AvgIpc) is 2.32. The third kappa shape index (κ3) is 2.03. The third-order valence-corrected chi connectivity index (χ3v) is 2.71. The molecule has 3 nitrogen and oxygen atoms in total. The van der Waals surface area contributed by atoms with Gasteiger partial charge < -0.3 is 10.8 Å². The third-order valence-electron chi connectivity index (χ3n) is 1.66. The van der Waals surface area contributed by atoms with Crippen LogP contribution in [-0.2, 0) is 0 Å². The summed E-state index contributed by atoms with van der Waals surface area (Å²) < 4.78 is 0. The van der Waals surface area contributed by atoms with Crippen molar-refractivity contribution in [2.75, 3.05) is 0 Å². The lowest BCUT2D eigenvalue weighted by Gasteiger charge is -2.23. The molecular weight excluding hydrogens is 172 g/mol. The Labute approximate surface area is 76.3 Å². The lowest BCUT2D eigenvalue weighted by atomic mass is 10.0. The van der Waals surface area contributed by atoms with Crippen molar-refractivity contribution in [1.29, 1.82) is 0 Å². The highest BCUT2D eigenvalue weighted by Gasteiger charge is 2.26. The number of aryl methyl sites for hydroxylation is 1. The SMILES string of the molecule is Cc1csc(C(N)C(C)(C)O)n1. The number of rotatable bonds is 2.